The van der Waals surface area contributed by atoms with E-state index in [4.69, 9.17) is 9.90 Å². The zero-order valence-electron chi connectivity index (χ0n) is 11.1. The van der Waals surface area contributed by atoms with E-state index in [1.807, 2.05) is 0 Å². The van der Waals surface area contributed by atoms with E-state index >= 15 is 0 Å². The molecule has 2 aromatic carbocycles. The smallest absolute Gasteiger partial charge is 0.176 e. The Hall–Kier alpha value is -1.96. The molecule has 0 atom stereocenters. The minimum absolute atomic E-state index is 0.0671. The maximum Gasteiger partial charge on any atom is 0.176 e. The Bertz CT molecular complexity index is 792. The van der Waals surface area contributed by atoms with Crippen molar-refractivity contribution in [2.75, 3.05) is 0 Å². The zero-order valence-corrected chi connectivity index (χ0v) is 7.09. The summed E-state index contributed by atoms with van der Waals surface area (Å²) in [5, 5.41) is 10.5. The first kappa shape index (κ1) is 4.51. The van der Waals surface area contributed by atoms with E-state index in [0.717, 1.165) is 0 Å². The van der Waals surface area contributed by atoms with E-state index in [1.165, 1.54) is 6.07 Å². The lowest BCUT2D eigenvalue weighted by Crippen LogP contribution is -1.66. The molecule has 3 rings (SSSR count). The monoisotopic (exact) mass is 188 g/mol. The molecule has 0 amide bonds. The van der Waals surface area contributed by atoms with Crippen LogP contribution in [0.25, 0.3) is 21.9 Å². The number of hydrogen-bond acceptors (Lipinski definition) is 2. The molecule has 1 heterocycles. The highest BCUT2D eigenvalue weighted by Gasteiger charge is 2.08. The van der Waals surface area contributed by atoms with E-state index in [2.05, 4.69) is 0 Å². The lowest BCUT2D eigenvalue weighted by atomic mass is 10.1. The second-order valence-electron chi connectivity index (χ2n) is 2.96. The molecule has 14 heavy (non-hydrogen) atoms. The molecule has 0 bridgehead atoms. The number of rotatable bonds is 0. The van der Waals surface area contributed by atoms with Crippen LogP contribution in [0.2, 0.25) is 0 Å². The number of benzene rings is 2. The Balaban J connectivity index is 2.67. The van der Waals surface area contributed by atoms with Crippen LogP contribution in [0.4, 0.5) is 0 Å². The Morgan fingerprint density at radius 1 is 1.14 bits per heavy atom. The molecule has 0 saturated carbocycles. The molecule has 0 spiro atoms. The molecule has 1 N–H and O–H groups in total. The molecule has 0 unspecified atom stereocenters. The van der Waals surface area contributed by atoms with Crippen molar-refractivity contribution in [2.24, 2.45) is 0 Å². The van der Waals surface area contributed by atoms with Gasteiger partial charge in [0.15, 0.2) is 11.3 Å². The van der Waals surface area contributed by atoms with E-state index in [9.17, 15) is 5.11 Å². The number of hydrogen-bond donors (Lipinski definition) is 1. The minimum Gasteiger partial charge on any atom is -0.504 e. The summed E-state index contributed by atoms with van der Waals surface area (Å²) in [6, 6.07) is 3.66. The van der Waals surface area contributed by atoms with Crippen LogP contribution in [-0.4, -0.2) is 5.11 Å². The minimum atomic E-state index is -0.342. The highest BCUT2D eigenvalue weighted by molar-refractivity contribution is 6.06. The normalized spacial score (nSPS) is 15.1. The highest BCUT2D eigenvalue weighted by Crippen LogP contribution is 2.33. The molecular weight excluding hydrogens is 176 g/mol. The summed E-state index contributed by atoms with van der Waals surface area (Å²) in [5.41, 5.74) is 0.247. The molecule has 0 saturated heterocycles. The van der Waals surface area contributed by atoms with Gasteiger partial charge in [0.05, 0.1) is 5.48 Å². The fourth-order valence-corrected chi connectivity index (χ4v) is 1.50. The molecule has 1 aromatic heterocycles. The quantitative estimate of drug-likeness (QED) is 0.587. The Labute approximate surface area is 86.0 Å². The third kappa shape index (κ3) is 0.852. The van der Waals surface area contributed by atoms with Crippen LogP contribution in [-0.2, 0) is 0 Å². The van der Waals surface area contributed by atoms with Gasteiger partial charge in [-0.15, -0.1) is 0 Å². The molecule has 0 aliphatic heterocycles. The molecule has 68 valence electrons. The molecule has 0 radical (unpaired) electrons. The second-order valence-corrected chi connectivity index (χ2v) is 2.96. The lowest BCUT2D eigenvalue weighted by Gasteiger charge is -1.90. The number of aromatic hydroxyl groups is 1. The molecule has 2 heteroatoms. The summed E-state index contributed by atoms with van der Waals surface area (Å²) in [6.45, 7) is 0. The molecule has 0 fully saturated rings. The maximum atomic E-state index is 9.68. The molecule has 0 aliphatic carbocycles. The van der Waals surface area contributed by atoms with Crippen molar-refractivity contribution in [1.82, 2.24) is 0 Å². The van der Waals surface area contributed by atoms with Gasteiger partial charge in [-0.1, -0.05) is 30.3 Å². The van der Waals surface area contributed by atoms with E-state index in [-0.39, 0.29) is 41.1 Å². The first-order valence-electron chi connectivity index (χ1n) is 6.13. The summed E-state index contributed by atoms with van der Waals surface area (Å²) in [7, 11) is 0. The van der Waals surface area contributed by atoms with Gasteiger partial charge in [-0.25, -0.2) is 0 Å². The first-order valence-corrected chi connectivity index (χ1v) is 4.13. The predicted molar refractivity (Wildman–Crippen MR) is 55.4 cm³/mol. The number of fused-ring (bicyclic) bond motifs is 3. The first-order chi connectivity index (χ1) is 8.52. The van der Waals surface area contributed by atoms with Crippen LogP contribution in [0.5, 0.6) is 5.75 Å². The Morgan fingerprint density at radius 2 is 2.00 bits per heavy atom. The van der Waals surface area contributed by atoms with Crippen LogP contribution in [0.3, 0.4) is 0 Å². The lowest BCUT2D eigenvalue weighted by molar-refractivity contribution is 0.469. The maximum absolute atomic E-state index is 9.68. The van der Waals surface area contributed by atoms with E-state index in [1.54, 1.807) is 12.1 Å². The van der Waals surface area contributed by atoms with E-state index in [0.29, 0.717) is 10.8 Å². The number of furan rings is 1. The molecular formula is C12H8O2. The SMILES string of the molecule is [2H]c1c([2H])c([2H])c2c(oc3c(O)cccc32)c1[2H]. The fraction of sp³-hybridized carbons (Fsp3) is 0. The van der Waals surface area contributed by atoms with Gasteiger partial charge < -0.3 is 9.52 Å². The van der Waals surface area contributed by atoms with Crippen LogP contribution in [0.1, 0.15) is 5.48 Å². The standard InChI is InChI=1S/C12H8O2/c13-10-6-3-5-9-8-4-1-2-7-11(8)14-12(9)10/h1-7,13H/i1D,2D,4D,7D. The number of phenols is 1. The van der Waals surface area contributed by atoms with Crippen LogP contribution >= 0.6 is 0 Å². The fourth-order valence-electron chi connectivity index (χ4n) is 1.50. The summed E-state index contributed by atoms with van der Waals surface area (Å²) < 4.78 is 36.2. The van der Waals surface area contributed by atoms with Crippen LogP contribution < -0.4 is 0 Å². The Kier molecular flexibility index (Phi) is 0.810. The van der Waals surface area contributed by atoms with Crippen molar-refractivity contribution in [1.29, 1.82) is 0 Å². The second kappa shape index (κ2) is 2.51. The highest BCUT2D eigenvalue weighted by atomic mass is 16.4. The van der Waals surface area contributed by atoms with Crippen molar-refractivity contribution >= 4 is 21.9 Å². The van der Waals surface area contributed by atoms with Crippen molar-refractivity contribution in [2.45, 2.75) is 0 Å². The third-order valence-corrected chi connectivity index (χ3v) is 2.12. The predicted octanol–water partition coefficient (Wildman–Crippen LogP) is 3.29. The van der Waals surface area contributed by atoms with Crippen molar-refractivity contribution in [3.63, 3.8) is 0 Å². The summed E-state index contributed by atoms with van der Waals surface area (Å²) >= 11 is 0. The van der Waals surface area contributed by atoms with Gasteiger partial charge in [0.25, 0.3) is 0 Å². The molecule has 0 aliphatic rings. The molecule has 3 aromatic rings. The van der Waals surface area contributed by atoms with Gasteiger partial charge in [0.2, 0.25) is 0 Å². The largest absolute Gasteiger partial charge is 0.504 e. The van der Waals surface area contributed by atoms with Gasteiger partial charge in [0.1, 0.15) is 5.58 Å². The van der Waals surface area contributed by atoms with Crippen LogP contribution in [0.15, 0.2) is 46.8 Å². The van der Waals surface area contributed by atoms with Crippen LogP contribution in [0, 0.1) is 0 Å². The summed E-state index contributed by atoms with van der Waals surface area (Å²) in [4.78, 5) is 0. The van der Waals surface area contributed by atoms with Crippen molar-refractivity contribution in [3.8, 4) is 5.75 Å². The summed E-state index contributed by atoms with van der Waals surface area (Å²) in [5.74, 6) is -0.0828. The summed E-state index contributed by atoms with van der Waals surface area (Å²) in [6.07, 6.45) is 0. The van der Waals surface area contributed by atoms with Gasteiger partial charge in [0, 0.05) is 10.8 Å². The number of phenolic OH excluding ortho intramolecular Hbond substituents is 1. The van der Waals surface area contributed by atoms with E-state index < -0.39 is 0 Å². The zero-order chi connectivity index (χ0) is 13.0. The Morgan fingerprint density at radius 3 is 2.93 bits per heavy atom. The average Bonchev–Trinajstić information content (AvgIpc) is 2.75. The van der Waals surface area contributed by atoms with Gasteiger partial charge in [-0.2, -0.15) is 0 Å². The van der Waals surface area contributed by atoms with Crippen molar-refractivity contribution < 1.29 is 15.0 Å². The van der Waals surface area contributed by atoms with Gasteiger partial charge >= 0.3 is 0 Å². The number of para-hydroxylation sites is 2. The molecule has 2 nitrogen and oxygen atoms in total. The third-order valence-electron chi connectivity index (χ3n) is 2.12. The van der Waals surface area contributed by atoms with Gasteiger partial charge in [-0.05, 0) is 12.1 Å². The van der Waals surface area contributed by atoms with Gasteiger partial charge in [-0.3, -0.25) is 0 Å². The topological polar surface area (TPSA) is 33.4 Å². The average molecular weight is 188 g/mol. The van der Waals surface area contributed by atoms with Crippen molar-refractivity contribution in [3.05, 3.63) is 42.4 Å².